The molecule has 1 aliphatic carbocycles. The summed E-state index contributed by atoms with van der Waals surface area (Å²) in [6, 6.07) is 0.539. The quantitative estimate of drug-likeness (QED) is 0.711. The molecule has 3 heteroatoms. The first-order valence-corrected chi connectivity index (χ1v) is 5.63. The van der Waals surface area contributed by atoms with Crippen LogP contribution in [0.5, 0.6) is 0 Å². The van der Waals surface area contributed by atoms with Gasteiger partial charge in [-0.2, -0.15) is 0 Å². The molecule has 0 aromatic carbocycles. The zero-order chi connectivity index (χ0) is 10.6. The van der Waals surface area contributed by atoms with Crippen LogP contribution in [0.3, 0.4) is 0 Å². The van der Waals surface area contributed by atoms with E-state index in [0.29, 0.717) is 18.5 Å². The first-order chi connectivity index (χ1) is 6.69. The average Bonchev–Trinajstić information content (AvgIpc) is 2.56. The van der Waals surface area contributed by atoms with Gasteiger partial charge in [0.15, 0.2) is 0 Å². The van der Waals surface area contributed by atoms with Crippen LogP contribution in [0, 0.1) is 11.8 Å². The third kappa shape index (κ3) is 2.71. The van der Waals surface area contributed by atoms with Crippen LogP contribution in [0.2, 0.25) is 0 Å². The zero-order valence-corrected chi connectivity index (χ0v) is 9.47. The van der Waals surface area contributed by atoms with Crippen molar-refractivity contribution in [2.45, 2.75) is 39.2 Å². The van der Waals surface area contributed by atoms with E-state index in [1.54, 1.807) is 7.05 Å². The summed E-state index contributed by atoms with van der Waals surface area (Å²) in [4.78, 5) is 11.1. The fourth-order valence-corrected chi connectivity index (χ4v) is 2.42. The maximum atomic E-state index is 11.1. The number of amides is 1. The van der Waals surface area contributed by atoms with Gasteiger partial charge in [0.2, 0.25) is 5.91 Å². The molecular weight excluding hydrogens is 176 g/mol. The molecule has 0 heterocycles. The minimum atomic E-state index is 0.0807. The molecule has 0 radical (unpaired) electrons. The van der Waals surface area contributed by atoms with Crippen LogP contribution in [-0.4, -0.2) is 25.5 Å². The van der Waals surface area contributed by atoms with Crippen LogP contribution in [0.4, 0.5) is 0 Å². The highest BCUT2D eigenvalue weighted by atomic mass is 16.1. The largest absolute Gasteiger partial charge is 0.358 e. The molecule has 3 nitrogen and oxygen atoms in total. The first-order valence-electron chi connectivity index (χ1n) is 5.63. The maximum Gasteiger partial charge on any atom is 0.233 e. The predicted octanol–water partition coefficient (Wildman–Crippen LogP) is 1.15. The van der Waals surface area contributed by atoms with Crippen molar-refractivity contribution in [2.75, 3.05) is 13.6 Å². The van der Waals surface area contributed by atoms with Crippen LogP contribution < -0.4 is 10.6 Å². The van der Waals surface area contributed by atoms with Gasteiger partial charge in [0.1, 0.15) is 0 Å². The van der Waals surface area contributed by atoms with E-state index in [9.17, 15) is 4.79 Å². The van der Waals surface area contributed by atoms with Crippen molar-refractivity contribution in [1.82, 2.24) is 10.6 Å². The van der Waals surface area contributed by atoms with Crippen LogP contribution >= 0.6 is 0 Å². The number of carbonyl (C=O) groups is 1. The lowest BCUT2D eigenvalue weighted by atomic mass is 9.93. The van der Waals surface area contributed by atoms with Crippen molar-refractivity contribution in [3.63, 3.8) is 0 Å². The summed E-state index contributed by atoms with van der Waals surface area (Å²) < 4.78 is 0. The Labute approximate surface area is 86.6 Å². The fraction of sp³-hybridized carbons (Fsp3) is 0.909. The number of carbonyl (C=O) groups excluding carboxylic acids is 1. The molecule has 14 heavy (non-hydrogen) atoms. The number of rotatable bonds is 4. The number of likely N-dealkylation sites (N-methyl/N-ethyl adjacent to an activating group) is 1. The lowest BCUT2D eigenvalue weighted by Crippen LogP contribution is -2.39. The topological polar surface area (TPSA) is 41.1 Å². The van der Waals surface area contributed by atoms with Gasteiger partial charge in [-0.15, -0.1) is 0 Å². The minimum Gasteiger partial charge on any atom is -0.358 e. The molecule has 82 valence electrons. The molecule has 0 aromatic heterocycles. The second kappa shape index (κ2) is 5.35. The van der Waals surface area contributed by atoms with Crippen molar-refractivity contribution < 1.29 is 4.79 Å². The molecule has 1 saturated carbocycles. The lowest BCUT2D eigenvalue weighted by Gasteiger charge is -2.20. The van der Waals surface area contributed by atoms with Crippen molar-refractivity contribution >= 4 is 5.91 Å². The molecule has 3 unspecified atom stereocenters. The Morgan fingerprint density at radius 2 is 2.14 bits per heavy atom. The average molecular weight is 198 g/mol. The summed E-state index contributed by atoms with van der Waals surface area (Å²) in [5.41, 5.74) is 0. The molecule has 1 fully saturated rings. The Balaban J connectivity index is 2.29. The van der Waals surface area contributed by atoms with E-state index in [0.717, 1.165) is 5.92 Å². The highest BCUT2D eigenvalue weighted by Gasteiger charge is 2.31. The van der Waals surface area contributed by atoms with E-state index in [1.807, 2.05) is 0 Å². The van der Waals surface area contributed by atoms with Gasteiger partial charge in [-0.25, -0.2) is 0 Å². The van der Waals surface area contributed by atoms with Gasteiger partial charge >= 0.3 is 0 Å². The van der Waals surface area contributed by atoms with Gasteiger partial charge < -0.3 is 10.6 Å². The standard InChI is InChI=1S/C11H22N2O/c1-4-9-5-6-10(8(9)2)13-7-11(14)12-3/h8-10,13H,4-7H2,1-3H3,(H,12,14). The van der Waals surface area contributed by atoms with Gasteiger partial charge in [0.25, 0.3) is 0 Å². The fourth-order valence-electron chi connectivity index (χ4n) is 2.42. The van der Waals surface area contributed by atoms with Gasteiger partial charge in [0.05, 0.1) is 6.54 Å². The van der Waals surface area contributed by atoms with Gasteiger partial charge in [-0.3, -0.25) is 4.79 Å². The van der Waals surface area contributed by atoms with Gasteiger partial charge in [0, 0.05) is 13.1 Å². The van der Waals surface area contributed by atoms with Crippen LogP contribution in [0.15, 0.2) is 0 Å². The Morgan fingerprint density at radius 3 is 2.64 bits per heavy atom. The Morgan fingerprint density at radius 1 is 1.43 bits per heavy atom. The molecule has 0 aliphatic heterocycles. The normalized spacial score (nSPS) is 31.8. The van der Waals surface area contributed by atoms with Gasteiger partial charge in [-0.1, -0.05) is 20.3 Å². The zero-order valence-electron chi connectivity index (χ0n) is 9.47. The van der Waals surface area contributed by atoms with E-state index in [-0.39, 0.29) is 5.91 Å². The third-order valence-electron chi connectivity index (χ3n) is 3.55. The third-order valence-corrected chi connectivity index (χ3v) is 3.55. The molecular formula is C11H22N2O. The highest BCUT2D eigenvalue weighted by molar-refractivity contribution is 5.77. The first kappa shape index (κ1) is 11.5. The predicted molar refractivity (Wildman–Crippen MR) is 58.0 cm³/mol. The maximum absolute atomic E-state index is 11.1. The van der Waals surface area contributed by atoms with E-state index in [2.05, 4.69) is 24.5 Å². The monoisotopic (exact) mass is 198 g/mol. The molecule has 3 atom stereocenters. The summed E-state index contributed by atoms with van der Waals surface area (Å²) >= 11 is 0. The SMILES string of the molecule is CCC1CCC(NCC(=O)NC)C1C. The second-order valence-electron chi connectivity index (χ2n) is 4.27. The molecule has 0 aromatic rings. The van der Waals surface area contributed by atoms with Crippen LogP contribution in [0.25, 0.3) is 0 Å². The van der Waals surface area contributed by atoms with E-state index in [1.165, 1.54) is 19.3 Å². The molecule has 2 N–H and O–H groups in total. The Hall–Kier alpha value is -0.570. The molecule has 0 saturated heterocycles. The van der Waals surface area contributed by atoms with Crippen molar-refractivity contribution in [3.05, 3.63) is 0 Å². The molecule has 1 amide bonds. The molecule has 1 rings (SSSR count). The highest BCUT2D eigenvalue weighted by Crippen LogP contribution is 2.33. The van der Waals surface area contributed by atoms with Crippen LogP contribution in [0.1, 0.15) is 33.1 Å². The summed E-state index contributed by atoms with van der Waals surface area (Å²) in [5.74, 6) is 1.64. The Bertz CT molecular complexity index is 194. The summed E-state index contributed by atoms with van der Waals surface area (Å²) in [5, 5.41) is 5.96. The van der Waals surface area contributed by atoms with E-state index < -0.39 is 0 Å². The molecule has 0 bridgehead atoms. The van der Waals surface area contributed by atoms with E-state index >= 15 is 0 Å². The summed E-state index contributed by atoms with van der Waals surface area (Å²) in [6.07, 6.45) is 3.79. The van der Waals surface area contributed by atoms with Crippen molar-refractivity contribution in [1.29, 1.82) is 0 Å². The summed E-state index contributed by atoms with van der Waals surface area (Å²) in [6.45, 7) is 5.01. The number of hydrogen-bond donors (Lipinski definition) is 2. The Kier molecular flexibility index (Phi) is 4.39. The molecule has 0 spiro atoms. The molecule has 1 aliphatic rings. The lowest BCUT2D eigenvalue weighted by molar-refractivity contribution is -0.119. The number of hydrogen-bond acceptors (Lipinski definition) is 2. The number of nitrogens with one attached hydrogen (secondary N) is 2. The smallest absolute Gasteiger partial charge is 0.233 e. The van der Waals surface area contributed by atoms with Crippen LogP contribution in [-0.2, 0) is 4.79 Å². The van der Waals surface area contributed by atoms with Crippen molar-refractivity contribution in [2.24, 2.45) is 11.8 Å². The minimum absolute atomic E-state index is 0.0807. The van der Waals surface area contributed by atoms with Gasteiger partial charge in [-0.05, 0) is 24.7 Å². The second-order valence-corrected chi connectivity index (χ2v) is 4.27. The van der Waals surface area contributed by atoms with E-state index in [4.69, 9.17) is 0 Å². The van der Waals surface area contributed by atoms with Crippen molar-refractivity contribution in [3.8, 4) is 0 Å². The summed E-state index contributed by atoms with van der Waals surface area (Å²) in [7, 11) is 1.68.